The zero-order chi connectivity index (χ0) is 12.3. The molecule has 0 aliphatic carbocycles. The fraction of sp³-hybridized carbons (Fsp3) is 0.308. The van der Waals surface area contributed by atoms with Crippen molar-refractivity contribution in [1.29, 1.82) is 0 Å². The lowest BCUT2D eigenvalue weighted by Gasteiger charge is -2.00. The number of imidazole rings is 1. The molecule has 2 rings (SSSR count). The molecule has 1 heterocycles. The number of benzene rings is 1. The van der Waals surface area contributed by atoms with E-state index in [1.165, 1.54) is 0 Å². The van der Waals surface area contributed by atoms with Crippen LogP contribution in [-0.2, 0) is 6.42 Å². The molecule has 2 aromatic rings. The Morgan fingerprint density at radius 1 is 1.29 bits per heavy atom. The second-order valence-electron chi connectivity index (χ2n) is 3.92. The summed E-state index contributed by atoms with van der Waals surface area (Å²) in [5.74, 6) is 1.73. The molecule has 0 radical (unpaired) electrons. The Kier molecular flexibility index (Phi) is 3.44. The van der Waals surface area contributed by atoms with Crippen molar-refractivity contribution in [3.8, 4) is 17.1 Å². The van der Waals surface area contributed by atoms with Crippen LogP contribution in [0.5, 0.6) is 5.75 Å². The topological polar surface area (TPSA) is 63.9 Å². The molecule has 0 atom stereocenters. The van der Waals surface area contributed by atoms with Crippen molar-refractivity contribution in [3.05, 3.63) is 35.7 Å². The van der Waals surface area contributed by atoms with Gasteiger partial charge in [-0.1, -0.05) is 0 Å². The second-order valence-corrected chi connectivity index (χ2v) is 3.92. The van der Waals surface area contributed by atoms with Gasteiger partial charge < -0.3 is 15.5 Å². The first-order chi connectivity index (χ1) is 8.24. The molecule has 0 saturated heterocycles. The fourth-order valence-electron chi connectivity index (χ4n) is 1.76. The van der Waals surface area contributed by atoms with E-state index in [4.69, 9.17) is 10.5 Å². The van der Waals surface area contributed by atoms with E-state index in [1.807, 2.05) is 31.2 Å². The number of nitrogens with one attached hydrogen (secondary N) is 1. The quantitative estimate of drug-likeness (QED) is 0.844. The van der Waals surface area contributed by atoms with Gasteiger partial charge in [-0.15, -0.1) is 0 Å². The van der Waals surface area contributed by atoms with Gasteiger partial charge in [0.2, 0.25) is 0 Å². The first kappa shape index (κ1) is 11.7. The van der Waals surface area contributed by atoms with Gasteiger partial charge in [0.25, 0.3) is 0 Å². The van der Waals surface area contributed by atoms with Crippen LogP contribution in [0, 0.1) is 6.92 Å². The number of rotatable bonds is 4. The number of aromatic nitrogens is 2. The monoisotopic (exact) mass is 231 g/mol. The zero-order valence-corrected chi connectivity index (χ0v) is 10.2. The summed E-state index contributed by atoms with van der Waals surface area (Å²) in [6.45, 7) is 2.64. The summed E-state index contributed by atoms with van der Waals surface area (Å²) >= 11 is 0. The maximum absolute atomic E-state index is 5.54. The molecule has 0 aliphatic rings. The van der Waals surface area contributed by atoms with E-state index in [1.54, 1.807) is 7.11 Å². The number of aryl methyl sites for hydroxylation is 1. The molecule has 0 fully saturated rings. The predicted octanol–water partition coefficient (Wildman–Crippen LogP) is 1.89. The van der Waals surface area contributed by atoms with E-state index in [0.717, 1.165) is 34.9 Å². The van der Waals surface area contributed by atoms with Crippen LogP contribution in [0.1, 0.15) is 11.4 Å². The SMILES string of the molecule is COc1ccc(-c2nc(CCN)c(C)[nH]2)cc1. The Balaban J connectivity index is 2.29. The fourth-order valence-corrected chi connectivity index (χ4v) is 1.76. The summed E-state index contributed by atoms with van der Waals surface area (Å²) in [4.78, 5) is 7.82. The Hall–Kier alpha value is -1.81. The van der Waals surface area contributed by atoms with Gasteiger partial charge in [-0.3, -0.25) is 0 Å². The predicted molar refractivity (Wildman–Crippen MR) is 68.1 cm³/mol. The number of nitrogens with two attached hydrogens (primary N) is 1. The van der Waals surface area contributed by atoms with E-state index in [2.05, 4.69) is 9.97 Å². The first-order valence-corrected chi connectivity index (χ1v) is 5.64. The lowest BCUT2D eigenvalue weighted by molar-refractivity contribution is 0.415. The molecule has 0 bridgehead atoms. The van der Waals surface area contributed by atoms with E-state index < -0.39 is 0 Å². The highest BCUT2D eigenvalue weighted by Gasteiger charge is 2.07. The summed E-state index contributed by atoms with van der Waals surface area (Å²) in [6, 6.07) is 7.83. The van der Waals surface area contributed by atoms with Crippen molar-refractivity contribution in [1.82, 2.24) is 9.97 Å². The molecule has 1 aromatic carbocycles. The smallest absolute Gasteiger partial charge is 0.137 e. The molecule has 0 aliphatic heterocycles. The molecule has 3 N–H and O–H groups in total. The average Bonchev–Trinajstić information content (AvgIpc) is 2.72. The molecule has 1 aromatic heterocycles. The third-order valence-corrected chi connectivity index (χ3v) is 2.73. The van der Waals surface area contributed by atoms with Crippen LogP contribution in [0.15, 0.2) is 24.3 Å². The average molecular weight is 231 g/mol. The highest BCUT2D eigenvalue weighted by Crippen LogP contribution is 2.21. The number of nitrogens with zero attached hydrogens (tertiary/aromatic N) is 1. The summed E-state index contributed by atoms with van der Waals surface area (Å²) in [7, 11) is 1.66. The van der Waals surface area contributed by atoms with Gasteiger partial charge in [0.1, 0.15) is 11.6 Å². The highest BCUT2D eigenvalue weighted by molar-refractivity contribution is 5.57. The molecule has 4 nitrogen and oxygen atoms in total. The molecule has 0 spiro atoms. The van der Waals surface area contributed by atoms with E-state index in [9.17, 15) is 0 Å². The molecule has 0 saturated carbocycles. The van der Waals surface area contributed by atoms with Crippen molar-refractivity contribution in [2.75, 3.05) is 13.7 Å². The first-order valence-electron chi connectivity index (χ1n) is 5.64. The van der Waals surface area contributed by atoms with Gasteiger partial charge >= 0.3 is 0 Å². The normalized spacial score (nSPS) is 10.5. The second kappa shape index (κ2) is 5.01. The number of ether oxygens (including phenoxy) is 1. The van der Waals surface area contributed by atoms with Gasteiger partial charge in [0.15, 0.2) is 0 Å². The molecule has 4 heteroatoms. The number of methoxy groups -OCH3 is 1. The van der Waals surface area contributed by atoms with Crippen LogP contribution in [0.2, 0.25) is 0 Å². The summed E-state index contributed by atoms with van der Waals surface area (Å²) in [5.41, 5.74) is 8.72. The van der Waals surface area contributed by atoms with Crippen LogP contribution in [0.25, 0.3) is 11.4 Å². The van der Waals surface area contributed by atoms with Gasteiger partial charge in [0.05, 0.1) is 12.8 Å². The molecule has 90 valence electrons. The Labute approximate surface area is 101 Å². The van der Waals surface area contributed by atoms with Crippen molar-refractivity contribution >= 4 is 0 Å². The Morgan fingerprint density at radius 3 is 2.59 bits per heavy atom. The highest BCUT2D eigenvalue weighted by atomic mass is 16.5. The van der Waals surface area contributed by atoms with Gasteiger partial charge in [-0.25, -0.2) is 4.98 Å². The third-order valence-electron chi connectivity index (χ3n) is 2.73. The zero-order valence-electron chi connectivity index (χ0n) is 10.2. The summed E-state index contributed by atoms with van der Waals surface area (Å²) < 4.78 is 5.13. The largest absolute Gasteiger partial charge is 0.497 e. The third kappa shape index (κ3) is 2.47. The summed E-state index contributed by atoms with van der Waals surface area (Å²) in [6.07, 6.45) is 0.804. The minimum absolute atomic E-state index is 0.619. The van der Waals surface area contributed by atoms with Crippen LogP contribution in [-0.4, -0.2) is 23.6 Å². The van der Waals surface area contributed by atoms with Crippen molar-refractivity contribution in [2.24, 2.45) is 5.73 Å². The molecular formula is C13H17N3O. The van der Waals surface area contributed by atoms with Crippen molar-refractivity contribution < 1.29 is 4.74 Å². The Morgan fingerprint density at radius 2 is 2.00 bits per heavy atom. The van der Waals surface area contributed by atoms with E-state index in [0.29, 0.717) is 6.54 Å². The standard InChI is InChI=1S/C13H17N3O/c1-9-12(7-8-14)16-13(15-9)10-3-5-11(17-2)6-4-10/h3-6H,7-8,14H2,1-2H3,(H,15,16). The van der Waals surface area contributed by atoms with Crippen molar-refractivity contribution in [3.63, 3.8) is 0 Å². The van der Waals surface area contributed by atoms with Crippen LogP contribution in [0.3, 0.4) is 0 Å². The maximum atomic E-state index is 5.54. The molecule has 17 heavy (non-hydrogen) atoms. The number of hydrogen-bond acceptors (Lipinski definition) is 3. The van der Waals surface area contributed by atoms with Gasteiger partial charge in [-0.05, 0) is 37.7 Å². The minimum atomic E-state index is 0.619. The van der Waals surface area contributed by atoms with Gasteiger partial charge in [0, 0.05) is 17.7 Å². The number of aromatic amines is 1. The lowest BCUT2D eigenvalue weighted by atomic mass is 10.2. The van der Waals surface area contributed by atoms with Crippen LogP contribution >= 0.6 is 0 Å². The van der Waals surface area contributed by atoms with E-state index >= 15 is 0 Å². The Bertz CT molecular complexity index is 488. The van der Waals surface area contributed by atoms with Crippen LogP contribution in [0.4, 0.5) is 0 Å². The molecule has 0 amide bonds. The van der Waals surface area contributed by atoms with Crippen LogP contribution < -0.4 is 10.5 Å². The van der Waals surface area contributed by atoms with Crippen molar-refractivity contribution in [2.45, 2.75) is 13.3 Å². The number of H-pyrrole nitrogens is 1. The summed E-state index contributed by atoms with van der Waals surface area (Å²) in [5, 5.41) is 0. The minimum Gasteiger partial charge on any atom is -0.497 e. The molecule has 0 unspecified atom stereocenters. The van der Waals surface area contributed by atoms with E-state index in [-0.39, 0.29) is 0 Å². The number of hydrogen-bond donors (Lipinski definition) is 2. The maximum Gasteiger partial charge on any atom is 0.137 e. The van der Waals surface area contributed by atoms with Gasteiger partial charge in [-0.2, -0.15) is 0 Å². The lowest BCUT2D eigenvalue weighted by Crippen LogP contribution is -2.03. The molecular weight excluding hydrogens is 214 g/mol.